The molecule has 0 saturated carbocycles. The van der Waals surface area contributed by atoms with E-state index in [0.717, 1.165) is 6.21 Å². The van der Waals surface area contributed by atoms with Crippen LogP contribution in [0.5, 0.6) is 0 Å². The van der Waals surface area contributed by atoms with Gasteiger partial charge in [0.05, 0.1) is 6.17 Å². The smallest absolute Gasteiger partial charge is 0.0796 e. The molecule has 0 spiro atoms. The fourth-order valence-electron chi connectivity index (χ4n) is 0.372. The molecule has 0 aromatic rings. The molecule has 46 valence electrons. The minimum Gasteiger partial charge on any atom is -0.312 e. The molecular weight excluding hydrogens is 102 g/mol. The SMILES string of the molecule is C/C=C(\C=N)C(N)N. The number of allylic oxidation sites excluding steroid dienone is 1. The predicted octanol–water partition coefficient (Wildman–Crippen LogP) is -0.174. The molecule has 0 saturated heterocycles. The monoisotopic (exact) mass is 113 g/mol. The molecule has 5 N–H and O–H groups in total. The van der Waals surface area contributed by atoms with Gasteiger partial charge in [0.15, 0.2) is 0 Å². The molecule has 0 aliphatic heterocycles. The Morgan fingerprint density at radius 1 is 1.62 bits per heavy atom. The summed E-state index contributed by atoms with van der Waals surface area (Å²) in [7, 11) is 0. The summed E-state index contributed by atoms with van der Waals surface area (Å²) in [4.78, 5) is 0. The van der Waals surface area contributed by atoms with E-state index >= 15 is 0 Å². The van der Waals surface area contributed by atoms with Gasteiger partial charge in [0.1, 0.15) is 0 Å². The maximum absolute atomic E-state index is 6.74. The second-order valence-corrected chi connectivity index (χ2v) is 1.46. The number of rotatable bonds is 2. The van der Waals surface area contributed by atoms with Crippen LogP contribution >= 0.6 is 0 Å². The molecule has 0 aliphatic rings. The summed E-state index contributed by atoms with van der Waals surface area (Å²) in [5.41, 5.74) is 11.1. The lowest BCUT2D eigenvalue weighted by Crippen LogP contribution is -2.32. The summed E-state index contributed by atoms with van der Waals surface area (Å²) in [6.45, 7) is 1.80. The summed E-state index contributed by atoms with van der Waals surface area (Å²) in [5, 5.41) is 6.74. The zero-order valence-corrected chi connectivity index (χ0v) is 4.89. The molecule has 0 radical (unpaired) electrons. The van der Waals surface area contributed by atoms with E-state index in [4.69, 9.17) is 16.9 Å². The molecule has 0 amide bonds. The second-order valence-electron chi connectivity index (χ2n) is 1.46. The first-order valence-electron chi connectivity index (χ1n) is 2.40. The summed E-state index contributed by atoms with van der Waals surface area (Å²) in [6, 6.07) is 0. The van der Waals surface area contributed by atoms with Crippen LogP contribution in [0.2, 0.25) is 0 Å². The zero-order chi connectivity index (χ0) is 6.57. The Kier molecular flexibility index (Phi) is 3.07. The van der Waals surface area contributed by atoms with Crippen molar-refractivity contribution >= 4 is 6.21 Å². The molecule has 3 nitrogen and oxygen atoms in total. The maximum Gasteiger partial charge on any atom is 0.0796 e. The van der Waals surface area contributed by atoms with Gasteiger partial charge in [-0.2, -0.15) is 0 Å². The van der Waals surface area contributed by atoms with E-state index in [1.165, 1.54) is 0 Å². The van der Waals surface area contributed by atoms with Gasteiger partial charge in [-0.3, -0.25) is 0 Å². The number of hydrogen-bond donors (Lipinski definition) is 3. The topological polar surface area (TPSA) is 75.9 Å². The van der Waals surface area contributed by atoms with Crippen LogP contribution in [0.15, 0.2) is 11.6 Å². The van der Waals surface area contributed by atoms with Crippen LogP contribution in [-0.2, 0) is 0 Å². The third-order valence-electron chi connectivity index (χ3n) is 0.885. The van der Waals surface area contributed by atoms with Crippen molar-refractivity contribution in [3.63, 3.8) is 0 Å². The highest BCUT2D eigenvalue weighted by Gasteiger charge is 1.94. The van der Waals surface area contributed by atoms with E-state index in [0.29, 0.717) is 5.57 Å². The summed E-state index contributed by atoms with van der Waals surface area (Å²) in [6.07, 6.45) is 2.38. The molecule has 0 aromatic heterocycles. The summed E-state index contributed by atoms with van der Waals surface area (Å²) in [5.74, 6) is 0. The van der Waals surface area contributed by atoms with E-state index < -0.39 is 6.17 Å². The van der Waals surface area contributed by atoms with E-state index in [9.17, 15) is 0 Å². The number of nitrogens with one attached hydrogen (secondary N) is 1. The van der Waals surface area contributed by atoms with Crippen LogP contribution in [0, 0.1) is 5.41 Å². The molecule has 0 aliphatic carbocycles. The van der Waals surface area contributed by atoms with Gasteiger partial charge in [-0.1, -0.05) is 6.08 Å². The highest BCUT2D eigenvalue weighted by Crippen LogP contribution is 1.87. The van der Waals surface area contributed by atoms with Gasteiger partial charge in [0.2, 0.25) is 0 Å². The van der Waals surface area contributed by atoms with Crippen LogP contribution in [0.1, 0.15) is 6.92 Å². The van der Waals surface area contributed by atoms with E-state index in [2.05, 4.69) is 0 Å². The van der Waals surface area contributed by atoms with Gasteiger partial charge in [-0.15, -0.1) is 0 Å². The largest absolute Gasteiger partial charge is 0.312 e. The lowest BCUT2D eigenvalue weighted by Gasteiger charge is -2.01. The Bertz CT molecular complexity index is 104. The number of hydrogen-bond acceptors (Lipinski definition) is 3. The zero-order valence-electron chi connectivity index (χ0n) is 4.89. The normalized spacial score (nSPS) is 12.2. The molecule has 0 bridgehead atoms. The molecule has 0 rings (SSSR count). The third kappa shape index (κ3) is 1.86. The Morgan fingerprint density at radius 3 is 2.12 bits per heavy atom. The van der Waals surface area contributed by atoms with Crippen molar-refractivity contribution in [1.29, 1.82) is 5.41 Å². The highest BCUT2D eigenvalue weighted by atomic mass is 14.8. The third-order valence-corrected chi connectivity index (χ3v) is 0.885. The van der Waals surface area contributed by atoms with Gasteiger partial charge in [-0.05, 0) is 12.5 Å². The molecular formula is C5H11N3. The Balaban J connectivity index is 3.91. The molecule has 8 heavy (non-hydrogen) atoms. The quantitative estimate of drug-likeness (QED) is 0.343. The average molecular weight is 113 g/mol. The van der Waals surface area contributed by atoms with Gasteiger partial charge in [0.25, 0.3) is 0 Å². The van der Waals surface area contributed by atoms with Gasteiger partial charge >= 0.3 is 0 Å². The Labute approximate surface area is 48.9 Å². The van der Waals surface area contributed by atoms with Gasteiger partial charge in [-0.25, -0.2) is 0 Å². The van der Waals surface area contributed by atoms with Crippen molar-refractivity contribution < 1.29 is 0 Å². The van der Waals surface area contributed by atoms with E-state index in [-0.39, 0.29) is 0 Å². The van der Waals surface area contributed by atoms with Crippen LogP contribution < -0.4 is 11.5 Å². The molecule has 0 aromatic carbocycles. The fraction of sp³-hybridized carbons (Fsp3) is 0.400. The molecule has 0 fully saturated rings. The van der Waals surface area contributed by atoms with Crippen molar-refractivity contribution in [3.05, 3.63) is 11.6 Å². The summed E-state index contributed by atoms with van der Waals surface area (Å²) < 4.78 is 0. The second kappa shape index (κ2) is 3.35. The maximum atomic E-state index is 6.74. The van der Waals surface area contributed by atoms with Crippen molar-refractivity contribution in [3.8, 4) is 0 Å². The molecule has 0 unspecified atom stereocenters. The lowest BCUT2D eigenvalue weighted by atomic mass is 10.2. The van der Waals surface area contributed by atoms with Gasteiger partial charge < -0.3 is 16.9 Å². The van der Waals surface area contributed by atoms with Crippen molar-refractivity contribution in [2.75, 3.05) is 0 Å². The molecule has 0 atom stereocenters. The minimum atomic E-state index is -0.502. The van der Waals surface area contributed by atoms with Crippen molar-refractivity contribution in [2.24, 2.45) is 11.5 Å². The van der Waals surface area contributed by atoms with Crippen LogP contribution in [-0.4, -0.2) is 12.4 Å². The molecule has 0 heterocycles. The van der Waals surface area contributed by atoms with Crippen molar-refractivity contribution in [2.45, 2.75) is 13.1 Å². The lowest BCUT2D eigenvalue weighted by molar-refractivity contribution is 0.850. The highest BCUT2D eigenvalue weighted by molar-refractivity contribution is 5.76. The van der Waals surface area contributed by atoms with E-state index in [1.54, 1.807) is 13.0 Å². The Hall–Kier alpha value is -0.670. The average Bonchev–Trinajstić information content (AvgIpc) is 1.69. The van der Waals surface area contributed by atoms with Crippen LogP contribution in [0.4, 0.5) is 0 Å². The van der Waals surface area contributed by atoms with Crippen LogP contribution in [0.25, 0.3) is 0 Å². The Morgan fingerprint density at radius 2 is 2.12 bits per heavy atom. The fourth-order valence-corrected chi connectivity index (χ4v) is 0.372. The first-order chi connectivity index (χ1) is 3.72. The standard InChI is InChI=1S/C5H11N3/c1-2-4(3-6)5(7)8/h2-3,5-6H,7-8H2,1H3/b4-2+,6-3?. The van der Waals surface area contributed by atoms with Crippen molar-refractivity contribution in [1.82, 2.24) is 0 Å². The minimum absolute atomic E-state index is 0.502. The van der Waals surface area contributed by atoms with Gasteiger partial charge in [0, 0.05) is 6.21 Å². The van der Waals surface area contributed by atoms with Crippen LogP contribution in [0.3, 0.4) is 0 Å². The summed E-state index contributed by atoms with van der Waals surface area (Å²) >= 11 is 0. The number of nitrogens with two attached hydrogens (primary N) is 2. The first kappa shape index (κ1) is 7.33. The molecule has 3 heteroatoms. The van der Waals surface area contributed by atoms with E-state index in [1.807, 2.05) is 0 Å². The first-order valence-corrected chi connectivity index (χ1v) is 2.40. The predicted molar refractivity (Wildman–Crippen MR) is 34.7 cm³/mol.